The molecule has 15 heavy (non-hydrogen) atoms. The first-order valence-corrected chi connectivity index (χ1v) is 4.94. The molecule has 0 radical (unpaired) electrons. The van der Waals surface area contributed by atoms with E-state index in [1.165, 1.54) is 12.3 Å². The van der Waals surface area contributed by atoms with Crippen LogP contribution in [0.4, 0.5) is 4.39 Å². The van der Waals surface area contributed by atoms with Gasteiger partial charge < -0.3 is 5.32 Å². The second kappa shape index (κ2) is 5.47. The molecule has 0 aliphatic rings. The molecular weight excluding hydrogens is 191 g/mol. The second-order valence-electron chi connectivity index (χ2n) is 3.60. The van der Waals surface area contributed by atoms with Crippen molar-refractivity contribution in [1.82, 2.24) is 10.3 Å². The number of hydrogen-bond acceptors (Lipinski definition) is 2. The average molecular weight is 206 g/mol. The minimum atomic E-state index is -0.317. The smallest absolute Gasteiger partial charge is 0.141 e. The first-order chi connectivity index (χ1) is 7.13. The molecule has 1 heterocycles. The summed E-state index contributed by atoms with van der Waals surface area (Å²) in [5.74, 6) is 2.27. The topological polar surface area (TPSA) is 24.9 Å². The van der Waals surface area contributed by atoms with Crippen molar-refractivity contribution in [2.24, 2.45) is 0 Å². The molecule has 80 valence electrons. The molecule has 1 rings (SSSR count). The number of nitrogens with one attached hydrogen (secondary N) is 1. The van der Waals surface area contributed by atoms with Crippen LogP contribution in [0.3, 0.4) is 0 Å². The fraction of sp³-hybridized carbons (Fsp3) is 0.417. The standard InChI is InChI=1S/C12H15FN2/c1-4-5-9(2)15-10(3)12-7-6-11(13)8-14-12/h1,6-10,15H,5H2,2-3H3. The number of halogens is 1. The number of terminal acetylenes is 1. The predicted octanol–water partition coefficient (Wildman–Crippen LogP) is 2.28. The van der Waals surface area contributed by atoms with E-state index in [1.807, 2.05) is 13.8 Å². The van der Waals surface area contributed by atoms with Gasteiger partial charge in [0.25, 0.3) is 0 Å². The van der Waals surface area contributed by atoms with Crippen LogP contribution in [0.2, 0.25) is 0 Å². The summed E-state index contributed by atoms with van der Waals surface area (Å²) in [7, 11) is 0. The third-order valence-corrected chi connectivity index (χ3v) is 2.15. The van der Waals surface area contributed by atoms with Crippen molar-refractivity contribution in [1.29, 1.82) is 0 Å². The number of rotatable bonds is 4. The molecule has 0 aliphatic heterocycles. The van der Waals surface area contributed by atoms with Gasteiger partial charge in [-0.2, -0.15) is 0 Å². The Bertz CT molecular complexity index is 340. The van der Waals surface area contributed by atoms with Gasteiger partial charge in [-0.05, 0) is 26.0 Å². The highest BCUT2D eigenvalue weighted by molar-refractivity contribution is 5.09. The monoisotopic (exact) mass is 206 g/mol. The van der Waals surface area contributed by atoms with Crippen molar-refractivity contribution in [2.75, 3.05) is 0 Å². The van der Waals surface area contributed by atoms with Crippen LogP contribution >= 0.6 is 0 Å². The Balaban J connectivity index is 2.57. The summed E-state index contributed by atoms with van der Waals surface area (Å²) in [6.07, 6.45) is 7.10. The lowest BCUT2D eigenvalue weighted by Gasteiger charge is -2.17. The summed E-state index contributed by atoms with van der Waals surface area (Å²) < 4.78 is 12.6. The number of aromatic nitrogens is 1. The third-order valence-electron chi connectivity index (χ3n) is 2.15. The van der Waals surface area contributed by atoms with Gasteiger partial charge in [0.05, 0.1) is 11.9 Å². The average Bonchev–Trinajstić information content (AvgIpc) is 2.18. The molecule has 0 amide bonds. The molecule has 0 fully saturated rings. The van der Waals surface area contributed by atoms with Crippen LogP contribution in [0, 0.1) is 18.2 Å². The molecule has 2 atom stereocenters. The van der Waals surface area contributed by atoms with E-state index in [4.69, 9.17) is 6.42 Å². The van der Waals surface area contributed by atoms with Gasteiger partial charge in [-0.3, -0.25) is 4.98 Å². The SMILES string of the molecule is C#CCC(C)NC(C)c1ccc(F)cn1. The van der Waals surface area contributed by atoms with Crippen LogP contribution in [0.5, 0.6) is 0 Å². The van der Waals surface area contributed by atoms with E-state index in [-0.39, 0.29) is 17.9 Å². The zero-order chi connectivity index (χ0) is 11.3. The minimum Gasteiger partial charge on any atom is -0.305 e. The van der Waals surface area contributed by atoms with E-state index < -0.39 is 0 Å². The Morgan fingerprint density at radius 2 is 2.27 bits per heavy atom. The van der Waals surface area contributed by atoms with E-state index in [0.717, 1.165) is 5.69 Å². The third kappa shape index (κ3) is 3.69. The molecule has 2 unspecified atom stereocenters. The highest BCUT2D eigenvalue weighted by Crippen LogP contribution is 2.10. The molecule has 1 aromatic heterocycles. The molecule has 0 bridgehead atoms. The quantitative estimate of drug-likeness (QED) is 0.764. The van der Waals surface area contributed by atoms with Crippen molar-refractivity contribution in [3.63, 3.8) is 0 Å². The van der Waals surface area contributed by atoms with E-state index in [0.29, 0.717) is 6.42 Å². The number of hydrogen-bond donors (Lipinski definition) is 1. The molecular formula is C12H15FN2. The van der Waals surface area contributed by atoms with Crippen LogP contribution in [-0.2, 0) is 0 Å². The van der Waals surface area contributed by atoms with Crippen molar-refractivity contribution >= 4 is 0 Å². The first-order valence-electron chi connectivity index (χ1n) is 4.94. The van der Waals surface area contributed by atoms with Gasteiger partial charge >= 0.3 is 0 Å². The molecule has 2 nitrogen and oxygen atoms in total. The predicted molar refractivity (Wildman–Crippen MR) is 58.7 cm³/mol. The second-order valence-corrected chi connectivity index (χ2v) is 3.60. The molecule has 0 aromatic carbocycles. The summed E-state index contributed by atoms with van der Waals surface area (Å²) in [5, 5.41) is 3.29. The zero-order valence-electron chi connectivity index (χ0n) is 9.00. The van der Waals surface area contributed by atoms with E-state index in [2.05, 4.69) is 16.2 Å². The lowest BCUT2D eigenvalue weighted by molar-refractivity contribution is 0.477. The summed E-state index contributed by atoms with van der Waals surface area (Å²) in [6.45, 7) is 3.99. The van der Waals surface area contributed by atoms with Crippen LogP contribution in [0.1, 0.15) is 32.0 Å². The fourth-order valence-corrected chi connectivity index (χ4v) is 1.39. The van der Waals surface area contributed by atoms with Crippen molar-refractivity contribution in [3.8, 4) is 12.3 Å². The highest BCUT2D eigenvalue weighted by atomic mass is 19.1. The lowest BCUT2D eigenvalue weighted by Crippen LogP contribution is -2.29. The van der Waals surface area contributed by atoms with Crippen LogP contribution in [0.25, 0.3) is 0 Å². The maximum Gasteiger partial charge on any atom is 0.141 e. The molecule has 1 N–H and O–H groups in total. The lowest BCUT2D eigenvalue weighted by atomic mass is 10.1. The number of pyridine rings is 1. The van der Waals surface area contributed by atoms with E-state index in [1.54, 1.807) is 6.07 Å². The van der Waals surface area contributed by atoms with Gasteiger partial charge in [-0.25, -0.2) is 4.39 Å². The molecule has 0 saturated carbocycles. The Hall–Kier alpha value is -1.40. The van der Waals surface area contributed by atoms with Crippen molar-refractivity contribution in [3.05, 3.63) is 29.8 Å². The summed E-state index contributed by atoms with van der Waals surface area (Å²) in [4.78, 5) is 4.00. The maximum atomic E-state index is 12.6. The van der Waals surface area contributed by atoms with Gasteiger partial charge in [0, 0.05) is 18.5 Å². The van der Waals surface area contributed by atoms with Gasteiger partial charge in [-0.1, -0.05) is 0 Å². The van der Waals surface area contributed by atoms with Crippen LogP contribution in [-0.4, -0.2) is 11.0 Å². The number of nitrogens with zero attached hydrogens (tertiary/aromatic N) is 1. The largest absolute Gasteiger partial charge is 0.305 e. The first kappa shape index (κ1) is 11.7. The van der Waals surface area contributed by atoms with E-state index in [9.17, 15) is 4.39 Å². The van der Waals surface area contributed by atoms with Gasteiger partial charge in [0.1, 0.15) is 5.82 Å². The van der Waals surface area contributed by atoms with Gasteiger partial charge in [-0.15, -0.1) is 12.3 Å². The van der Waals surface area contributed by atoms with Crippen molar-refractivity contribution < 1.29 is 4.39 Å². The summed E-state index contributed by atoms with van der Waals surface area (Å²) >= 11 is 0. The normalized spacial score (nSPS) is 14.3. The Labute approximate surface area is 89.9 Å². The molecule has 0 aliphatic carbocycles. The van der Waals surface area contributed by atoms with E-state index >= 15 is 0 Å². The summed E-state index contributed by atoms with van der Waals surface area (Å²) in [5.41, 5.74) is 0.820. The van der Waals surface area contributed by atoms with Gasteiger partial charge in [0.15, 0.2) is 0 Å². The minimum absolute atomic E-state index is 0.0777. The van der Waals surface area contributed by atoms with Crippen LogP contribution < -0.4 is 5.32 Å². The van der Waals surface area contributed by atoms with Crippen molar-refractivity contribution in [2.45, 2.75) is 32.4 Å². The summed E-state index contributed by atoms with van der Waals surface area (Å²) in [6, 6.07) is 3.40. The molecule has 1 aromatic rings. The molecule has 0 spiro atoms. The zero-order valence-corrected chi connectivity index (χ0v) is 9.00. The fourth-order valence-electron chi connectivity index (χ4n) is 1.39. The Kier molecular flexibility index (Phi) is 4.26. The molecule has 3 heteroatoms. The Morgan fingerprint density at radius 1 is 1.53 bits per heavy atom. The van der Waals surface area contributed by atoms with Gasteiger partial charge in [0.2, 0.25) is 0 Å². The van der Waals surface area contributed by atoms with Crippen LogP contribution in [0.15, 0.2) is 18.3 Å². The Morgan fingerprint density at radius 3 is 2.80 bits per heavy atom. The highest BCUT2D eigenvalue weighted by Gasteiger charge is 2.09. The molecule has 0 saturated heterocycles. The maximum absolute atomic E-state index is 12.6.